The molecule has 0 aliphatic heterocycles. The predicted octanol–water partition coefficient (Wildman–Crippen LogP) is 14.8. The molecular weight excluding hydrogens is 709 g/mol. The van der Waals surface area contributed by atoms with Gasteiger partial charge in [0, 0.05) is 50.2 Å². The molecule has 282 valence electrons. The van der Waals surface area contributed by atoms with Crippen LogP contribution < -0.4 is 10.2 Å². The van der Waals surface area contributed by atoms with E-state index in [0.29, 0.717) is 0 Å². The van der Waals surface area contributed by atoms with Crippen molar-refractivity contribution in [3.8, 4) is 28.0 Å². The Balaban J connectivity index is 1.02. The van der Waals surface area contributed by atoms with Crippen molar-refractivity contribution in [2.75, 3.05) is 10.2 Å². The van der Waals surface area contributed by atoms with Crippen LogP contribution >= 0.6 is 0 Å². The van der Waals surface area contributed by atoms with E-state index in [-0.39, 0.29) is 16.6 Å². The molecule has 1 aliphatic rings. The Morgan fingerprint density at radius 1 is 0.500 bits per heavy atom. The minimum Gasteiger partial charge on any atom is -0.507 e. The van der Waals surface area contributed by atoms with Crippen LogP contribution in [-0.4, -0.2) is 5.11 Å². The molecule has 4 heteroatoms. The average Bonchev–Trinajstić information content (AvgIpc) is 3.73. The van der Waals surface area contributed by atoms with Crippen molar-refractivity contribution >= 4 is 50.4 Å². The minimum atomic E-state index is -0.212. The number of aromatic hydroxyl groups is 1. The van der Waals surface area contributed by atoms with Gasteiger partial charge in [-0.05, 0) is 124 Å². The van der Waals surface area contributed by atoms with E-state index in [1.165, 1.54) is 27.8 Å². The first kappa shape index (κ1) is 35.4. The lowest BCUT2D eigenvalue weighted by molar-refractivity contribution is 0.425. The monoisotopic (exact) mass is 752 g/mol. The average molecular weight is 753 g/mol. The van der Waals surface area contributed by atoms with Crippen molar-refractivity contribution in [2.24, 2.45) is 0 Å². The molecule has 0 saturated heterocycles. The second kappa shape index (κ2) is 13.9. The Hall–Kier alpha value is -7.04. The van der Waals surface area contributed by atoms with E-state index >= 15 is 0 Å². The first-order chi connectivity index (χ1) is 28.2. The molecule has 0 fully saturated rings. The van der Waals surface area contributed by atoms with E-state index in [1.54, 1.807) is 6.07 Å². The van der Waals surface area contributed by atoms with E-state index in [4.69, 9.17) is 4.42 Å². The summed E-state index contributed by atoms with van der Waals surface area (Å²) in [6.45, 7) is 7.12. The predicted molar refractivity (Wildman–Crippen MR) is 241 cm³/mol. The molecule has 0 bridgehead atoms. The lowest BCUT2D eigenvalue weighted by atomic mass is 9.75. The maximum Gasteiger partial charge on any atom is 0.135 e. The summed E-state index contributed by atoms with van der Waals surface area (Å²) in [6, 6.07) is 65.9. The zero-order chi connectivity index (χ0) is 39.4. The molecule has 2 N–H and O–H groups in total. The van der Waals surface area contributed by atoms with Crippen LogP contribution in [0.2, 0.25) is 0 Å². The van der Waals surface area contributed by atoms with Crippen molar-refractivity contribution in [3.05, 3.63) is 205 Å². The van der Waals surface area contributed by atoms with Crippen molar-refractivity contribution in [3.63, 3.8) is 0 Å². The van der Waals surface area contributed by atoms with Gasteiger partial charge >= 0.3 is 0 Å². The van der Waals surface area contributed by atoms with Crippen LogP contribution in [0.3, 0.4) is 0 Å². The van der Waals surface area contributed by atoms with E-state index in [0.717, 1.165) is 67.9 Å². The molecule has 58 heavy (non-hydrogen) atoms. The number of phenols is 1. The molecule has 1 unspecified atom stereocenters. The highest BCUT2D eigenvalue weighted by molar-refractivity contribution is 6.06. The van der Waals surface area contributed by atoms with Crippen LogP contribution in [0.4, 0.5) is 28.4 Å². The summed E-state index contributed by atoms with van der Waals surface area (Å²) >= 11 is 0. The molecule has 1 aliphatic carbocycles. The molecule has 0 saturated carbocycles. The van der Waals surface area contributed by atoms with Gasteiger partial charge in [-0.15, -0.1) is 0 Å². The van der Waals surface area contributed by atoms with Crippen molar-refractivity contribution in [2.45, 2.75) is 38.0 Å². The molecule has 1 heterocycles. The SMILES string of the molecule is CC1(C)CC(C)(c2ccc(N(c3ccc(-c4ccccc4)cc3)c3ccc4oc5ccccc5c4c3)cc2)c2cc(Nc3ccc(O)c(-c4ccccc4)c3)ccc21. The first-order valence-electron chi connectivity index (χ1n) is 20.0. The number of furan rings is 1. The van der Waals surface area contributed by atoms with Crippen LogP contribution in [0.15, 0.2) is 192 Å². The number of nitrogens with zero attached hydrogens (tertiary/aromatic N) is 1. The Morgan fingerprint density at radius 3 is 1.83 bits per heavy atom. The van der Waals surface area contributed by atoms with Gasteiger partial charge < -0.3 is 19.7 Å². The number of nitrogens with one attached hydrogen (secondary N) is 1. The Morgan fingerprint density at radius 2 is 1.09 bits per heavy atom. The van der Waals surface area contributed by atoms with Gasteiger partial charge in [-0.1, -0.05) is 130 Å². The maximum atomic E-state index is 10.7. The van der Waals surface area contributed by atoms with Gasteiger partial charge in [0.25, 0.3) is 0 Å². The highest BCUT2D eigenvalue weighted by Gasteiger charge is 2.45. The van der Waals surface area contributed by atoms with E-state index in [2.05, 4.69) is 158 Å². The minimum absolute atomic E-state index is 0.00435. The van der Waals surface area contributed by atoms with Gasteiger partial charge in [0.05, 0.1) is 0 Å². The second-order valence-corrected chi connectivity index (χ2v) is 16.4. The second-order valence-electron chi connectivity index (χ2n) is 16.4. The summed E-state index contributed by atoms with van der Waals surface area (Å²) < 4.78 is 6.23. The fraction of sp³-hybridized carbons (Fsp3) is 0.111. The number of phenolic OH excluding ortho intramolecular Hbond substituents is 1. The third-order valence-electron chi connectivity index (χ3n) is 12.1. The van der Waals surface area contributed by atoms with Gasteiger partial charge in [0.2, 0.25) is 0 Å². The van der Waals surface area contributed by atoms with Crippen molar-refractivity contribution < 1.29 is 9.52 Å². The standard InChI is InChI=1S/C54H44N2O2/c1-53(2)35-54(3,49-33-41(22-29-48(49)53)55-40-23-30-50(57)46(32-40)38-14-8-5-9-15-38)39-20-26-43(27-21-39)56(42-24-18-37(19-25-42)36-12-6-4-7-13-36)44-28-31-52-47(34-44)45-16-10-11-17-51(45)58-52/h4-34,55,57H,35H2,1-3H3. The summed E-state index contributed by atoms with van der Waals surface area (Å²) in [5.74, 6) is 0.266. The number of rotatable bonds is 8. The molecule has 0 amide bonds. The van der Waals surface area contributed by atoms with E-state index in [9.17, 15) is 5.11 Å². The molecule has 1 atom stereocenters. The van der Waals surface area contributed by atoms with Gasteiger partial charge in [0.1, 0.15) is 16.9 Å². The number of para-hydroxylation sites is 1. The topological polar surface area (TPSA) is 48.6 Å². The van der Waals surface area contributed by atoms with Crippen molar-refractivity contribution in [1.29, 1.82) is 0 Å². The largest absolute Gasteiger partial charge is 0.507 e. The fourth-order valence-electron chi connectivity index (χ4n) is 9.34. The number of hydrogen-bond donors (Lipinski definition) is 2. The van der Waals surface area contributed by atoms with E-state index in [1.807, 2.05) is 54.6 Å². The highest BCUT2D eigenvalue weighted by Crippen LogP contribution is 2.54. The third-order valence-corrected chi connectivity index (χ3v) is 12.1. The number of benzene rings is 8. The lowest BCUT2D eigenvalue weighted by Crippen LogP contribution is -2.23. The lowest BCUT2D eigenvalue weighted by Gasteiger charge is -2.30. The molecule has 9 aromatic rings. The molecular formula is C54H44N2O2. The Bertz CT molecular complexity index is 2930. The van der Waals surface area contributed by atoms with E-state index < -0.39 is 0 Å². The Labute approximate surface area is 339 Å². The first-order valence-corrected chi connectivity index (χ1v) is 20.0. The van der Waals surface area contributed by atoms with Gasteiger partial charge in [-0.3, -0.25) is 0 Å². The summed E-state index contributed by atoms with van der Waals surface area (Å²) in [5, 5.41) is 16.6. The molecule has 8 aromatic carbocycles. The van der Waals surface area contributed by atoms with Gasteiger partial charge in [-0.25, -0.2) is 0 Å². The maximum absolute atomic E-state index is 10.7. The third kappa shape index (κ3) is 6.18. The molecule has 4 nitrogen and oxygen atoms in total. The summed E-state index contributed by atoms with van der Waals surface area (Å²) in [6.07, 6.45) is 0.990. The number of anilines is 5. The smallest absolute Gasteiger partial charge is 0.135 e. The molecule has 0 radical (unpaired) electrons. The molecule has 0 spiro atoms. The summed E-state index contributed by atoms with van der Waals surface area (Å²) in [4.78, 5) is 2.35. The van der Waals surface area contributed by atoms with Crippen molar-refractivity contribution in [1.82, 2.24) is 0 Å². The summed E-state index contributed by atoms with van der Waals surface area (Å²) in [5.41, 5.74) is 14.9. The van der Waals surface area contributed by atoms with Gasteiger partial charge in [0.15, 0.2) is 0 Å². The zero-order valence-corrected chi connectivity index (χ0v) is 32.9. The van der Waals surface area contributed by atoms with Crippen LogP contribution in [0, 0.1) is 0 Å². The fourth-order valence-corrected chi connectivity index (χ4v) is 9.34. The van der Waals surface area contributed by atoms with Crippen LogP contribution in [0.25, 0.3) is 44.2 Å². The quantitative estimate of drug-likeness (QED) is 0.152. The zero-order valence-electron chi connectivity index (χ0n) is 32.9. The molecule has 1 aromatic heterocycles. The summed E-state index contributed by atoms with van der Waals surface area (Å²) in [7, 11) is 0. The number of hydrogen-bond acceptors (Lipinski definition) is 4. The van der Waals surface area contributed by atoms with Crippen LogP contribution in [0.5, 0.6) is 5.75 Å². The Kier molecular flexibility index (Phi) is 8.45. The normalized spacial score (nSPS) is 15.7. The number of fused-ring (bicyclic) bond motifs is 4. The van der Waals surface area contributed by atoms with Crippen LogP contribution in [-0.2, 0) is 10.8 Å². The van der Waals surface area contributed by atoms with Crippen LogP contribution in [0.1, 0.15) is 43.9 Å². The van der Waals surface area contributed by atoms with Gasteiger partial charge in [-0.2, -0.15) is 0 Å². The highest BCUT2D eigenvalue weighted by atomic mass is 16.3. The molecule has 10 rings (SSSR count).